The van der Waals surface area contributed by atoms with Gasteiger partial charge in [0.05, 0.1) is 32.9 Å². The van der Waals surface area contributed by atoms with Crippen molar-refractivity contribution < 1.29 is 41.3 Å². The highest BCUT2D eigenvalue weighted by atomic mass is 19.4. The number of carbonyl (C=O) groups excluding carboxylic acids is 1. The number of aromatic nitrogens is 3. The molecule has 1 aromatic heterocycles. The molecule has 0 fully saturated rings. The van der Waals surface area contributed by atoms with Gasteiger partial charge in [0.15, 0.2) is 17.3 Å². The van der Waals surface area contributed by atoms with Crippen LogP contribution in [0.15, 0.2) is 36.4 Å². The molecule has 0 spiro atoms. The Hall–Kier alpha value is -3.67. The first kappa shape index (κ1) is 24.5. The minimum atomic E-state index is -4.92. The van der Waals surface area contributed by atoms with Crippen molar-refractivity contribution in [2.75, 3.05) is 20.8 Å². The molecule has 4 rings (SSSR count). The highest BCUT2D eigenvalue weighted by Gasteiger charge is 2.44. The number of methoxy groups -OCH3 is 2. The zero-order valence-corrected chi connectivity index (χ0v) is 18.9. The number of carbonyl (C=O) groups is 1. The Kier molecular flexibility index (Phi) is 6.66. The van der Waals surface area contributed by atoms with E-state index >= 15 is 0 Å². The average molecular weight is 495 g/mol. The summed E-state index contributed by atoms with van der Waals surface area (Å²) in [4.78, 5) is 12.3. The van der Waals surface area contributed by atoms with Gasteiger partial charge >= 0.3 is 12.1 Å². The van der Waals surface area contributed by atoms with Gasteiger partial charge in [-0.05, 0) is 25.1 Å². The molecule has 1 aliphatic rings. The maximum atomic E-state index is 14.4. The Morgan fingerprint density at radius 3 is 2.54 bits per heavy atom. The number of nitrogens with zero attached hydrogens (tertiary/aromatic N) is 3. The molecule has 1 aliphatic heterocycles. The van der Waals surface area contributed by atoms with Crippen LogP contribution in [0.2, 0.25) is 0 Å². The Labute approximate surface area is 197 Å². The molecular formula is C23H21F4N3O5. The van der Waals surface area contributed by atoms with E-state index in [0.29, 0.717) is 15.9 Å². The first-order valence-electron chi connectivity index (χ1n) is 10.5. The van der Waals surface area contributed by atoms with Gasteiger partial charge in [0.25, 0.3) is 0 Å². The van der Waals surface area contributed by atoms with Crippen LogP contribution in [-0.2, 0) is 20.4 Å². The molecule has 186 valence electrons. The van der Waals surface area contributed by atoms with Gasteiger partial charge in [0, 0.05) is 11.1 Å². The van der Waals surface area contributed by atoms with E-state index in [1.807, 2.05) is 0 Å². The van der Waals surface area contributed by atoms with Crippen LogP contribution in [0, 0.1) is 5.82 Å². The van der Waals surface area contributed by atoms with E-state index < -0.39 is 42.4 Å². The van der Waals surface area contributed by atoms with Crippen LogP contribution in [-0.4, -0.2) is 41.6 Å². The molecule has 35 heavy (non-hydrogen) atoms. The molecule has 8 nitrogen and oxygen atoms in total. The van der Waals surface area contributed by atoms with Crippen LogP contribution in [0.1, 0.15) is 48.3 Å². The molecule has 3 aromatic rings. The average Bonchev–Trinajstić information content (AvgIpc) is 3.22. The van der Waals surface area contributed by atoms with Crippen molar-refractivity contribution in [1.29, 1.82) is 0 Å². The van der Waals surface area contributed by atoms with Gasteiger partial charge in [0.2, 0.25) is 5.82 Å². The van der Waals surface area contributed by atoms with E-state index in [-0.39, 0.29) is 29.4 Å². The SMILES string of the molecule is CCOC(=O)C[C@H]1O[C@H](c2cccc(OC)c2OC)c2ccc(F)cc2-n2c1nnc2C(F)(F)F. The highest BCUT2D eigenvalue weighted by Crippen LogP contribution is 2.47. The molecule has 2 atom stereocenters. The van der Waals surface area contributed by atoms with Crippen LogP contribution in [0.4, 0.5) is 17.6 Å². The van der Waals surface area contributed by atoms with Gasteiger partial charge < -0.3 is 18.9 Å². The van der Waals surface area contributed by atoms with Crippen LogP contribution in [0.3, 0.4) is 0 Å². The maximum Gasteiger partial charge on any atom is 0.452 e. The number of hydrogen-bond acceptors (Lipinski definition) is 7. The lowest BCUT2D eigenvalue weighted by atomic mass is 9.98. The topological polar surface area (TPSA) is 84.7 Å². The van der Waals surface area contributed by atoms with Crippen LogP contribution >= 0.6 is 0 Å². The van der Waals surface area contributed by atoms with E-state index in [1.54, 1.807) is 25.1 Å². The van der Waals surface area contributed by atoms with Crippen LogP contribution < -0.4 is 9.47 Å². The fourth-order valence-electron chi connectivity index (χ4n) is 4.03. The third-order valence-electron chi connectivity index (χ3n) is 5.42. The maximum absolute atomic E-state index is 14.4. The molecule has 12 heteroatoms. The number of hydrogen-bond donors (Lipinski definition) is 0. The summed E-state index contributed by atoms with van der Waals surface area (Å²) in [6.07, 6.45) is -7.77. The predicted octanol–water partition coefficient (Wildman–Crippen LogP) is 4.56. The second kappa shape index (κ2) is 9.53. The van der Waals surface area contributed by atoms with E-state index in [9.17, 15) is 22.4 Å². The van der Waals surface area contributed by atoms with Gasteiger partial charge in [-0.1, -0.05) is 18.2 Å². The van der Waals surface area contributed by atoms with Gasteiger partial charge in [-0.25, -0.2) is 4.39 Å². The van der Waals surface area contributed by atoms with E-state index in [0.717, 1.165) is 12.1 Å². The highest BCUT2D eigenvalue weighted by molar-refractivity contribution is 5.70. The Morgan fingerprint density at radius 1 is 1.11 bits per heavy atom. The molecule has 0 saturated carbocycles. The smallest absolute Gasteiger partial charge is 0.452 e. The molecular weight excluding hydrogens is 474 g/mol. The predicted molar refractivity (Wildman–Crippen MR) is 113 cm³/mol. The Balaban J connectivity index is 2.00. The zero-order chi connectivity index (χ0) is 25.3. The lowest BCUT2D eigenvalue weighted by Gasteiger charge is -2.24. The minimum absolute atomic E-state index is 0.0601. The van der Waals surface area contributed by atoms with Crippen molar-refractivity contribution in [1.82, 2.24) is 14.8 Å². The quantitative estimate of drug-likeness (QED) is 0.366. The van der Waals surface area contributed by atoms with Gasteiger partial charge in [-0.15, -0.1) is 10.2 Å². The van der Waals surface area contributed by atoms with E-state index in [1.165, 1.54) is 20.3 Å². The fraction of sp³-hybridized carbons (Fsp3) is 0.348. The van der Waals surface area contributed by atoms with Gasteiger partial charge in [-0.3, -0.25) is 9.36 Å². The Morgan fingerprint density at radius 2 is 1.89 bits per heavy atom. The number of alkyl halides is 3. The molecule has 0 radical (unpaired) electrons. The summed E-state index contributed by atoms with van der Waals surface area (Å²) in [5, 5.41) is 6.98. The molecule has 0 bridgehead atoms. The number of fused-ring (bicyclic) bond motifs is 3. The van der Waals surface area contributed by atoms with Crippen molar-refractivity contribution in [2.45, 2.75) is 31.7 Å². The number of esters is 1. The van der Waals surface area contributed by atoms with Crippen molar-refractivity contribution in [3.63, 3.8) is 0 Å². The van der Waals surface area contributed by atoms with Crippen molar-refractivity contribution in [3.05, 3.63) is 65.0 Å². The first-order chi connectivity index (χ1) is 16.7. The second-order valence-corrected chi connectivity index (χ2v) is 7.51. The van der Waals surface area contributed by atoms with Crippen molar-refractivity contribution >= 4 is 5.97 Å². The summed E-state index contributed by atoms with van der Waals surface area (Å²) < 4.78 is 78.8. The number of benzene rings is 2. The Bertz CT molecular complexity index is 1240. The summed E-state index contributed by atoms with van der Waals surface area (Å²) in [5.74, 6) is -2.58. The lowest BCUT2D eigenvalue weighted by molar-refractivity contribution is -0.147. The number of rotatable bonds is 6. The summed E-state index contributed by atoms with van der Waals surface area (Å²) in [5.41, 5.74) is 0.384. The van der Waals surface area contributed by atoms with E-state index in [2.05, 4.69) is 10.2 Å². The van der Waals surface area contributed by atoms with E-state index in [4.69, 9.17) is 18.9 Å². The molecule has 2 heterocycles. The standard InChI is InChI=1S/C23H21F4N3O5/c1-4-34-18(31)11-17-21-28-29-22(23(25,26)27)30(21)15-10-12(24)8-9-13(15)19(35-17)14-6-5-7-16(32-2)20(14)33-3/h5-10,17,19H,4,11H2,1-3H3/t17-,19+/m1/s1. The van der Waals surface area contributed by atoms with Gasteiger partial charge in [0.1, 0.15) is 18.0 Å². The number of ether oxygens (including phenoxy) is 4. The molecule has 0 amide bonds. The molecule has 2 aromatic carbocycles. The lowest BCUT2D eigenvalue weighted by Crippen LogP contribution is -2.18. The van der Waals surface area contributed by atoms with Crippen molar-refractivity contribution in [3.8, 4) is 17.2 Å². The second-order valence-electron chi connectivity index (χ2n) is 7.51. The zero-order valence-electron chi connectivity index (χ0n) is 18.9. The molecule has 0 saturated heterocycles. The summed E-state index contributed by atoms with van der Waals surface area (Å²) in [6.45, 7) is 1.66. The van der Waals surface area contributed by atoms with Crippen LogP contribution in [0.25, 0.3) is 5.69 Å². The number of halogens is 4. The monoisotopic (exact) mass is 495 g/mol. The normalized spacial score (nSPS) is 17.2. The summed E-state index contributed by atoms with van der Waals surface area (Å²) in [7, 11) is 2.83. The molecule has 0 unspecified atom stereocenters. The largest absolute Gasteiger partial charge is 0.493 e. The van der Waals surface area contributed by atoms with Crippen LogP contribution in [0.5, 0.6) is 11.5 Å². The number of para-hydroxylation sites is 1. The summed E-state index contributed by atoms with van der Waals surface area (Å²) in [6, 6.07) is 8.27. The third-order valence-corrected chi connectivity index (χ3v) is 5.42. The third kappa shape index (κ3) is 4.53. The molecule has 0 N–H and O–H groups in total. The van der Waals surface area contributed by atoms with Gasteiger partial charge in [-0.2, -0.15) is 13.2 Å². The minimum Gasteiger partial charge on any atom is -0.493 e. The summed E-state index contributed by atoms with van der Waals surface area (Å²) >= 11 is 0. The first-order valence-corrected chi connectivity index (χ1v) is 10.5. The fourth-order valence-corrected chi connectivity index (χ4v) is 4.03. The van der Waals surface area contributed by atoms with Crippen molar-refractivity contribution in [2.24, 2.45) is 0 Å². The molecule has 0 aliphatic carbocycles.